The van der Waals surface area contributed by atoms with Crippen molar-refractivity contribution in [3.05, 3.63) is 46.7 Å². The van der Waals surface area contributed by atoms with Crippen LogP contribution in [0.3, 0.4) is 0 Å². The number of halogens is 4. The molecule has 0 radical (unpaired) electrons. The zero-order chi connectivity index (χ0) is 20.2. The number of rotatable bonds is 6. The quantitative estimate of drug-likeness (QED) is 0.566. The molecule has 1 aromatic carbocycles. The van der Waals surface area contributed by atoms with Crippen LogP contribution in [-0.2, 0) is 9.53 Å². The Morgan fingerprint density at radius 1 is 1.30 bits per heavy atom. The maximum Gasteiger partial charge on any atom is 0.441 e. The fourth-order valence-electron chi connectivity index (χ4n) is 2.12. The highest BCUT2D eigenvalue weighted by atomic mass is 35.5. The molecular formula is C16H15ClF3N3O4. The number of carbonyl (C=O) groups excluding carboxylic acids is 2. The average Bonchev–Trinajstić information content (AvgIpc) is 2.98. The molecule has 1 atom stereocenters. The Labute approximate surface area is 156 Å². The largest absolute Gasteiger partial charge is 0.463 e. The first-order valence-corrected chi connectivity index (χ1v) is 8.00. The molecule has 0 saturated carbocycles. The Balaban J connectivity index is 2.48. The number of amides is 1. The van der Waals surface area contributed by atoms with Crippen LogP contribution in [0.5, 0.6) is 0 Å². The minimum absolute atomic E-state index is 0.136. The molecule has 1 amide bonds. The zero-order valence-electron chi connectivity index (χ0n) is 14.2. The standard InChI is InChI=1S/C16H15ClF3N3O4/c1-3-26-14(25)15(16(18,19)20,21-12-7-9(2)27-23-12)22-13(24)10-5-4-6-11(17)8-10/h4-8H,3H2,1-2H3,(H,21,23)(H,22,24). The number of ether oxygens (including phenoxy) is 1. The number of hydrogen-bond acceptors (Lipinski definition) is 6. The van der Waals surface area contributed by atoms with Gasteiger partial charge in [-0.15, -0.1) is 0 Å². The highest BCUT2D eigenvalue weighted by Gasteiger charge is 2.64. The number of nitrogens with one attached hydrogen (secondary N) is 2. The molecule has 0 aliphatic carbocycles. The molecule has 2 N–H and O–H groups in total. The summed E-state index contributed by atoms with van der Waals surface area (Å²) in [4.78, 5) is 24.7. The van der Waals surface area contributed by atoms with Gasteiger partial charge < -0.3 is 19.9 Å². The second-order valence-corrected chi connectivity index (χ2v) is 5.82. The van der Waals surface area contributed by atoms with Gasteiger partial charge in [0.25, 0.3) is 5.91 Å². The van der Waals surface area contributed by atoms with Gasteiger partial charge in [0.1, 0.15) is 5.76 Å². The van der Waals surface area contributed by atoms with Crippen LogP contribution in [-0.4, -0.2) is 35.5 Å². The Kier molecular flexibility index (Phi) is 5.99. The van der Waals surface area contributed by atoms with Crippen molar-refractivity contribution in [3.63, 3.8) is 0 Å². The number of nitrogens with zero attached hydrogens (tertiary/aromatic N) is 1. The Morgan fingerprint density at radius 2 is 2.00 bits per heavy atom. The van der Waals surface area contributed by atoms with Crippen LogP contribution in [0.1, 0.15) is 23.0 Å². The molecule has 2 aromatic rings. The topological polar surface area (TPSA) is 93.5 Å². The summed E-state index contributed by atoms with van der Waals surface area (Å²) in [5.41, 5.74) is -3.77. The van der Waals surface area contributed by atoms with Crippen molar-refractivity contribution in [2.24, 2.45) is 0 Å². The number of hydrogen-bond donors (Lipinski definition) is 2. The molecule has 0 aliphatic rings. The van der Waals surface area contributed by atoms with Gasteiger partial charge in [0.05, 0.1) is 6.61 Å². The molecular weight excluding hydrogens is 391 g/mol. The lowest BCUT2D eigenvalue weighted by molar-refractivity contribution is -0.204. The predicted octanol–water partition coefficient (Wildman–Crippen LogP) is 3.30. The van der Waals surface area contributed by atoms with Gasteiger partial charge in [-0.05, 0) is 32.0 Å². The van der Waals surface area contributed by atoms with Crippen LogP contribution < -0.4 is 10.6 Å². The monoisotopic (exact) mass is 405 g/mol. The smallest absolute Gasteiger partial charge is 0.441 e. The van der Waals surface area contributed by atoms with Crippen molar-refractivity contribution >= 4 is 29.3 Å². The fourth-order valence-corrected chi connectivity index (χ4v) is 2.31. The van der Waals surface area contributed by atoms with E-state index in [-0.39, 0.29) is 23.0 Å². The minimum Gasteiger partial charge on any atom is -0.463 e. The normalized spacial score (nSPS) is 13.6. The number of esters is 1. The van der Waals surface area contributed by atoms with Crippen molar-refractivity contribution in [1.29, 1.82) is 0 Å². The highest BCUT2D eigenvalue weighted by Crippen LogP contribution is 2.33. The van der Waals surface area contributed by atoms with Crippen molar-refractivity contribution in [2.45, 2.75) is 25.7 Å². The van der Waals surface area contributed by atoms with Gasteiger partial charge in [0, 0.05) is 16.7 Å². The van der Waals surface area contributed by atoms with E-state index in [2.05, 4.69) is 9.89 Å². The van der Waals surface area contributed by atoms with Gasteiger partial charge in [-0.25, -0.2) is 4.79 Å². The van der Waals surface area contributed by atoms with Crippen molar-refractivity contribution in [3.8, 4) is 0 Å². The third-order valence-corrected chi connectivity index (χ3v) is 3.57. The van der Waals surface area contributed by atoms with Crippen LogP contribution in [0.4, 0.5) is 19.0 Å². The van der Waals surface area contributed by atoms with E-state index in [0.717, 1.165) is 12.1 Å². The lowest BCUT2D eigenvalue weighted by atomic mass is 10.1. The van der Waals surface area contributed by atoms with E-state index >= 15 is 0 Å². The van der Waals surface area contributed by atoms with E-state index < -0.39 is 29.5 Å². The van der Waals surface area contributed by atoms with Crippen LogP contribution >= 0.6 is 11.6 Å². The Bertz CT molecular complexity index is 840. The number of aryl methyl sites for hydroxylation is 1. The Morgan fingerprint density at radius 3 is 2.52 bits per heavy atom. The number of anilines is 1. The van der Waals surface area contributed by atoms with E-state index in [1.165, 1.54) is 32.0 Å². The summed E-state index contributed by atoms with van der Waals surface area (Å²) < 4.78 is 51.1. The van der Waals surface area contributed by atoms with Crippen molar-refractivity contribution in [2.75, 3.05) is 11.9 Å². The molecule has 1 aromatic heterocycles. The minimum atomic E-state index is -5.28. The summed E-state index contributed by atoms with van der Waals surface area (Å²) in [6, 6.07) is 6.35. The van der Waals surface area contributed by atoms with Crippen LogP contribution in [0.2, 0.25) is 5.02 Å². The van der Waals surface area contributed by atoms with Crippen molar-refractivity contribution in [1.82, 2.24) is 10.5 Å². The van der Waals surface area contributed by atoms with Gasteiger partial charge in [-0.2, -0.15) is 13.2 Å². The lowest BCUT2D eigenvalue weighted by Gasteiger charge is -2.34. The molecule has 1 heterocycles. The summed E-state index contributed by atoms with van der Waals surface area (Å²) in [5.74, 6) is -3.17. The third-order valence-electron chi connectivity index (χ3n) is 3.34. The van der Waals surface area contributed by atoms with Crippen LogP contribution in [0, 0.1) is 6.92 Å². The highest BCUT2D eigenvalue weighted by molar-refractivity contribution is 6.31. The second kappa shape index (κ2) is 7.87. The molecule has 0 saturated heterocycles. The number of benzene rings is 1. The summed E-state index contributed by atoms with van der Waals surface area (Å²) in [7, 11) is 0. The first-order chi connectivity index (χ1) is 12.6. The van der Waals surface area contributed by atoms with Crippen molar-refractivity contribution < 1.29 is 32.0 Å². The SMILES string of the molecule is CCOC(=O)C(NC(=O)c1cccc(Cl)c1)(Nc1cc(C)on1)C(F)(F)F. The molecule has 146 valence electrons. The van der Waals surface area contributed by atoms with Gasteiger partial charge >= 0.3 is 17.8 Å². The predicted molar refractivity (Wildman–Crippen MR) is 89.2 cm³/mol. The first-order valence-electron chi connectivity index (χ1n) is 7.62. The van der Waals surface area contributed by atoms with E-state index in [0.29, 0.717) is 0 Å². The van der Waals surface area contributed by atoms with E-state index in [9.17, 15) is 22.8 Å². The van der Waals surface area contributed by atoms with Crippen LogP contribution in [0.15, 0.2) is 34.9 Å². The van der Waals surface area contributed by atoms with Gasteiger partial charge in [0.2, 0.25) is 0 Å². The molecule has 11 heteroatoms. The molecule has 0 spiro atoms. The first kappa shape index (κ1) is 20.6. The molecule has 0 fully saturated rings. The second-order valence-electron chi connectivity index (χ2n) is 5.38. The molecule has 27 heavy (non-hydrogen) atoms. The van der Waals surface area contributed by atoms with E-state index in [1.807, 2.05) is 5.32 Å². The summed E-state index contributed by atoms with van der Waals surface area (Å²) in [5, 5.41) is 7.07. The average molecular weight is 406 g/mol. The third kappa shape index (κ3) is 4.51. The maximum absolute atomic E-state index is 13.9. The lowest BCUT2D eigenvalue weighted by Crippen LogP contribution is -2.69. The van der Waals surface area contributed by atoms with Crippen LogP contribution in [0.25, 0.3) is 0 Å². The summed E-state index contributed by atoms with van der Waals surface area (Å²) in [6.07, 6.45) is -5.28. The maximum atomic E-state index is 13.9. The van der Waals surface area contributed by atoms with E-state index in [4.69, 9.17) is 16.1 Å². The molecule has 0 aliphatic heterocycles. The van der Waals surface area contributed by atoms with Gasteiger partial charge in [0.15, 0.2) is 5.82 Å². The number of carbonyl (C=O) groups is 2. The molecule has 2 rings (SSSR count). The molecule has 0 bridgehead atoms. The molecule has 7 nitrogen and oxygen atoms in total. The van der Waals surface area contributed by atoms with Gasteiger partial charge in [-0.1, -0.05) is 22.8 Å². The Hall–Kier alpha value is -2.75. The number of alkyl halides is 3. The van der Waals surface area contributed by atoms with Gasteiger partial charge in [-0.3, -0.25) is 4.79 Å². The zero-order valence-corrected chi connectivity index (χ0v) is 14.9. The number of aromatic nitrogens is 1. The molecule has 1 unspecified atom stereocenters. The van der Waals surface area contributed by atoms with E-state index in [1.54, 1.807) is 5.32 Å². The summed E-state index contributed by atoms with van der Waals surface area (Å²) >= 11 is 5.76. The fraction of sp³-hybridized carbons (Fsp3) is 0.312. The summed E-state index contributed by atoms with van der Waals surface area (Å²) in [6.45, 7) is 2.43.